The molecule has 25 heavy (non-hydrogen) atoms. The number of carbonyl (C=O) groups excluding carboxylic acids is 1. The molecule has 3 nitrogen and oxygen atoms in total. The van der Waals surface area contributed by atoms with Crippen LogP contribution < -0.4 is 4.80 Å². The third kappa shape index (κ3) is 4.63. The van der Waals surface area contributed by atoms with Gasteiger partial charge in [-0.3, -0.25) is 9.36 Å². The molecule has 0 aliphatic heterocycles. The topological polar surface area (TPSA) is 34.4 Å². The zero-order valence-corrected chi connectivity index (χ0v) is 13.9. The average Bonchev–Trinajstić information content (AvgIpc) is 2.75. The molecule has 0 spiro atoms. The summed E-state index contributed by atoms with van der Waals surface area (Å²) in [7, 11) is 0. The van der Waals surface area contributed by atoms with Crippen LogP contribution in [0.2, 0.25) is 5.02 Å². The van der Waals surface area contributed by atoms with Crippen molar-refractivity contribution in [3.8, 4) is 5.69 Å². The minimum Gasteiger partial charge on any atom is -0.292 e. The highest BCUT2D eigenvalue weighted by atomic mass is 35.5. The maximum Gasteiger partial charge on any atom is 0.409 e. The fraction of sp³-hybridized carbons (Fsp3) is 0.286. The van der Waals surface area contributed by atoms with Gasteiger partial charge in [0.1, 0.15) is 0 Å². The first-order chi connectivity index (χ1) is 11.4. The third-order valence-corrected chi connectivity index (χ3v) is 4.10. The molecular weight excluding hydrogens is 394 g/mol. The number of thiazole rings is 1. The predicted molar refractivity (Wildman–Crippen MR) is 79.6 cm³/mol. The lowest BCUT2D eigenvalue weighted by molar-refractivity contribution is -0.273. The van der Waals surface area contributed by atoms with Crippen molar-refractivity contribution in [1.29, 1.82) is 0 Å². The molecule has 0 fully saturated rings. The Balaban J connectivity index is 2.56. The minimum atomic E-state index is -5.79. The van der Waals surface area contributed by atoms with E-state index >= 15 is 0 Å². The van der Waals surface area contributed by atoms with Crippen molar-refractivity contribution in [3.63, 3.8) is 0 Å². The van der Waals surface area contributed by atoms with E-state index in [1.165, 1.54) is 35.0 Å². The first kappa shape index (κ1) is 19.5. The predicted octanol–water partition coefficient (Wildman–Crippen LogP) is 4.67. The Morgan fingerprint density at radius 2 is 1.80 bits per heavy atom. The van der Waals surface area contributed by atoms with Crippen LogP contribution in [0.5, 0.6) is 0 Å². The lowest BCUT2D eigenvalue weighted by atomic mass is 10.1. The lowest BCUT2D eigenvalue weighted by Crippen LogP contribution is -2.42. The fourth-order valence-corrected chi connectivity index (χ4v) is 2.99. The summed E-state index contributed by atoms with van der Waals surface area (Å²) < 4.78 is 77.0. The molecule has 0 aliphatic rings. The van der Waals surface area contributed by atoms with Crippen molar-refractivity contribution in [2.45, 2.75) is 19.3 Å². The van der Waals surface area contributed by atoms with E-state index in [4.69, 9.17) is 11.6 Å². The van der Waals surface area contributed by atoms with E-state index < -0.39 is 24.2 Å². The van der Waals surface area contributed by atoms with Crippen molar-refractivity contribution >= 4 is 28.8 Å². The summed E-state index contributed by atoms with van der Waals surface area (Å²) in [5.41, 5.74) is 0.346. The first-order valence-electron chi connectivity index (χ1n) is 6.56. The maximum absolute atomic E-state index is 12.6. The molecular formula is C14H9ClF6N2OS. The summed E-state index contributed by atoms with van der Waals surface area (Å²) >= 11 is 6.60. The largest absolute Gasteiger partial charge is 0.409 e. The van der Waals surface area contributed by atoms with Crippen LogP contribution in [0.25, 0.3) is 5.69 Å². The van der Waals surface area contributed by atoms with Crippen molar-refractivity contribution in [1.82, 2.24) is 4.57 Å². The summed E-state index contributed by atoms with van der Waals surface area (Å²) in [4.78, 5) is 14.9. The van der Waals surface area contributed by atoms with Gasteiger partial charge in [-0.2, -0.15) is 31.3 Å². The number of rotatable bonds is 2. The van der Waals surface area contributed by atoms with E-state index in [1.807, 2.05) is 0 Å². The molecule has 0 aliphatic carbocycles. The third-order valence-electron chi connectivity index (χ3n) is 2.96. The van der Waals surface area contributed by atoms with Gasteiger partial charge in [0.2, 0.25) is 5.92 Å². The highest BCUT2D eigenvalue weighted by molar-refractivity contribution is 7.09. The minimum absolute atomic E-state index is 0.301. The molecule has 2 rings (SSSR count). The standard InChI is InChI=1S/C14H9ClF6N2OS/c1-7-6-23(9-4-2-3-8(15)5-9)12(25-7)22-11(24)10(13(16,17)18)14(19,20)21/h2-6,10H,1H3. The first-order valence-corrected chi connectivity index (χ1v) is 7.76. The van der Waals surface area contributed by atoms with E-state index in [0.29, 0.717) is 15.6 Å². The number of aromatic nitrogens is 1. The molecule has 1 aromatic carbocycles. The van der Waals surface area contributed by atoms with Crippen LogP contribution in [0.1, 0.15) is 4.88 Å². The number of aryl methyl sites for hydroxylation is 1. The van der Waals surface area contributed by atoms with Crippen LogP contribution in [0.3, 0.4) is 0 Å². The molecule has 0 N–H and O–H groups in total. The molecule has 0 radical (unpaired) electrons. The van der Waals surface area contributed by atoms with E-state index in [-0.39, 0.29) is 4.80 Å². The Hall–Kier alpha value is -1.81. The van der Waals surface area contributed by atoms with Crippen LogP contribution >= 0.6 is 22.9 Å². The SMILES string of the molecule is Cc1cn(-c2cccc(Cl)c2)c(=NC(=O)C(C(F)(F)F)C(F)(F)F)s1. The number of amides is 1. The van der Waals surface area contributed by atoms with Crippen LogP contribution in [-0.2, 0) is 4.79 Å². The van der Waals surface area contributed by atoms with Gasteiger partial charge in [0.25, 0.3) is 5.91 Å². The Kier molecular flexibility index (Phi) is 5.33. The summed E-state index contributed by atoms with van der Waals surface area (Å²) in [5, 5.41) is 0.301. The Morgan fingerprint density at radius 1 is 1.20 bits per heavy atom. The molecule has 11 heteroatoms. The molecule has 0 saturated heterocycles. The molecule has 2 aromatic rings. The van der Waals surface area contributed by atoms with Gasteiger partial charge in [-0.25, -0.2) is 0 Å². The van der Waals surface area contributed by atoms with Crippen molar-refractivity contribution in [3.05, 3.63) is 45.2 Å². The van der Waals surface area contributed by atoms with Gasteiger partial charge in [-0.05, 0) is 25.1 Å². The summed E-state index contributed by atoms with van der Waals surface area (Å²) in [6.07, 6.45) is -10.1. The van der Waals surface area contributed by atoms with E-state index in [0.717, 1.165) is 11.3 Å². The monoisotopic (exact) mass is 402 g/mol. The molecule has 0 saturated carbocycles. The normalized spacial score (nSPS) is 13.6. The number of carbonyl (C=O) groups is 1. The smallest absolute Gasteiger partial charge is 0.292 e. The Labute approximate surface area is 146 Å². The second-order valence-electron chi connectivity index (χ2n) is 4.94. The highest BCUT2D eigenvalue weighted by Crippen LogP contribution is 2.39. The molecule has 1 aromatic heterocycles. The van der Waals surface area contributed by atoms with E-state index in [9.17, 15) is 31.1 Å². The summed E-state index contributed by atoms with van der Waals surface area (Å²) in [6.45, 7) is 1.57. The van der Waals surface area contributed by atoms with Gasteiger partial charge in [0.15, 0.2) is 4.80 Å². The van der Waals surface area contributed by atoms with Crippen molar-refractivity contribution in [2.24, 2.45) is 10.9 Å². The Morgan fingerprint density at radius 3 is 2.32 bits per heavy atom. The molecule has 0 atom stereocenters. The molecule has 136 valence electrons. The highest BCUT2D eigenvalue weighted by Gasteiger charge is 2.61. The Bertz CT molecular complexity index is 838. The van der Waals surface area contributed by atoms with Crippen LogP contribution in [0, 0.1) is 12.8 Å². The van der Waals surface area contributed by atoms with Crippen molar-refractivity contribution in [2.75, 3.05) is 0 Å². The molecule has 0 unspecified atom stereocenters. The second kappa shape index (κ2) is 6.83. The number of nitrogens with zero attached hydrogens (tertiary/aromatic N) is 2. The number of hydrogen-bond donors (Lipinski definition) is 0. The van der Waals surface area contributed by atoms with Gasteiger partial charge >= 0.3 is 12.4 Å². The molecule has 0 bridgehead atoms. The fourth-order valence-electron chi connectivity index (χ4n) is 1.97. The number of hydrogen-bond acceptors (Lipinski definition) is 2. The van der Waals surface area contributed by atoms with Gasteiger partial charge < -0.3 is 0 Å². The summed E-state index contributed by atoms with van der Waals surface area (Å²) in [6, 6.07) is 6.03. The average molecular weight is 403 g/mol. The van der Waals surface area contributed by atoms with Crippen LogP contribution in [0.15, 0.2) is 35.5 Å². The lowest BCUT2D eigenvalue weighted by Gasteiger charge is -2.19. The zero-order chi connectivity index (χ0) is 19.0. The van der Waals surface area contributed by atoms with Gasteiger partial charge in [0.05, 0.1) is 0 Å². The zero-order valence-electron chi connectivity index (χ0n) is 12.3. The van der Waals surface area contributed by atoms with Crippen LogP contribution in [0.4, 0.5) is 26.3 Å². The summed E-state index contributed by atoms with van der Waals surface area (Å²) in [5.74, 6) is -6.49. The molecule has 1 heterocycles. The van der Waals surface area contributed by atoms with E-state index in [1.54, 1.807) is 6.92 Å². The quantitative estimate of drug-likeness (QED) is 0.672. The van der Waals surface area contributed by atoms with Gasteiger partial charge in [-0.15, -0.1) is 11.3 Å². The van der Waals surface area contributed by atoms with E-state index in [2.05, 4.69) is 4.99 Å². The second-order valence-corrected chi connectivity index (χ2v) is 6.59. The maximum atomic E-state index is 12.6. The number of halogens is 7. The van der Waals surface area contributed by atoms with Gasteiger partial charge in [0, 0.05) is 21.8 Å². The van der Waals surface area contributed by atoms with Crippen molar-refractivity contribution < 1.29 is 31.1 Å². The number of alkyl halides is 6. The number of benzene rings is 1. The van der Waals surface area contributed by atoms with Gasteiger partial charge in [-0.1, -0.05) is 17.7 Å². The van der Waals surface area contributed by atoms with Crippen LogP contribution in [-0.4, -0.2) is 22.8 Å². The molecule has 1 amide bonds.